The van der Waals surface area contributed by atoms with Crippen LogP contribution in [0.5, 0.6) is 0 Å². The molecule has 0 aromatic heterocycles. The van der Waals surface area contributed by atoms with Crippen molar-refractivity contribution in [2.24, 2.45) is 0 Å². The Kier molecular flexibility index (Phi) is 4.46. The maximum Gasteiger partial charge on any atom is 0.490 e. The number of benzene rings is 1. The molecule has 0 aliphatic carbocycles. The molecule has 3 nitrogen and oxygen atoms in total. The van der Waals surface area contributed by atoms with Gasteiger partial charge in [0.1, 0.15) is 0 Å². The number of anilines is 1. The van der Waals surface area contributed by atoms with Gasteiger partial charge < -0.3 is 10.0 Å². The summed E-state index contributed by atoms with van der Waals surface area (Å²) in [5.74, 6) is -2.76. The highest BCUT2D eigenvalue weighted by Gasteiger charge is 2.38. The number of allylic oxidation sites excluding steroid dienone is 1. The van der Waals surface area contributed by atoms with Crippen LogP contribution in [-0.4, -0.2) is 30.3 Å². The zero-order valence-corrected chi connectivity index (χ0v) is 13.4. The number of aliphatic carboxylic acids is 1. The molecule has 1 aromatic rings. The Morgan fingerprint density at radius 2 is 1.91 bits per heavy atom. The Labute approximate surface area is 133 Å². The zero-order chi connectivity index (χ0) is 17.4. The molecule has 2 aliphatic heterocycles. The number of halogens is 3. The fraction of sp³-hybridized carbons (Fsp3) is 0.471. The zero-order valence-electron chi connectivity index (χ0n) is 13.4. The van der Waals surface area contributed by atoms with Crippen molar-refractivity contribution in [3.05, 3.63) is 41.0 Å². The Morgan fingerprint density at radius 3 is 2.48 bits per heavy atom. The maximum atomic E-state index is 10.6. The third kappa shape index (κ3) is 3.35. The molecule has 0 radical (unpaired) electrons. The van der Waals surface area contributed by atoms with Crippen LogP contribution in [0, 0.1) is 0 Å². The van der Waals surface area contributed by atoms with Gasteiger partial charge in [0.25, 0.3) is 0 Å². The van der Waals surface area contributed by atoms with E-state index in [4.69, 9.17) is 9.90 Å². The van der Waals surface area contributed by atoms with Gasteiger partial charge in [0.2, 0.25) is 0 Å². The second kappa shape index (κ2) is 5.91. The summed E-state index contributed by atoms with van der Waals surface area (Å²) in [7, 11) is 0. The number of rotatable bonds is 0. The number of hydrogen-bond acceptors (Lipinski definition) is 2. The van der Waals surface area contributed by atoms with E-state index in [1.165, 1.54) is 35.4 Å². The van der Waals surface area contributed by atoms with E-state index in [0.717, 1.165) is 6.54 Å². The average molecular weight is 327 g/mol. The van der Waals surface area contributed by atoms with Crippen LogP contribution in [0.2, 0.25) is 0 Å². The molecule has 3 rings (SSSR count). The quantitative estimate of drug-likeness (QED) is 0.734. The van der Waals surface area contributed by atoms with Crippen molar-refractivity contribution < 1.29 is 23.1 Å². The molecule has 0 saturated heterocycles. The molecule has 126 valence electrons. The minimum Gasteiger partial charge on any atom is -0.475 e. The summed E-state index contributed by atoms with van der Waals surface area (Å²) >= 11 is 0. The smallest absolute Gasteiger partial charge is 0.475 e. The molecule has 23 heavy (non-hydrogen) atoms. The van der Waals surface area contributed by atoms with Crippen molar-refractivity contribution in [1.29, 1.82) is 0 Å². The van der Waals surface area contributed by atoms with Crippen LogP contribution < -0.4 is 4.90 Å². The van der Waals surface area contributed by atoms with Crippen molar-refractivity contribution >= 4 is 11.7 Å². The average Bonchev–Trinajstić information content (AvgIpc) is 2.83. The molecule has 0 saturated carbocycles. The molecule has 0 bridgehead atoms. The topological polar surface area (TPSA) is 40.5 Å². The third-order valence-corrected chi connectivity index (χ3v) is 4.61. The summed E-state index contributed by atoms with van der Waals surface area (Å²) in [6.45, 7) is 9.22. The monoisotopic (exact) mass is 327 g/mol. The molecule has 2 heterocycles. The predicted molar refractivity (Wildman–Crippen MR) is 82.8 cm³/mol. The van der Waals surface area contributed by atoms with E-state index in [9.17, 15) is 13.2 Å². The van der Waals surface area contributed by atoms with Crippen molar-refractivity contribution in [2.45, 2.75) is 38.8 Å². The number of hydrogen-bond donors (Lipinski definition) is 1. The van der Waals surface area contributed by atoms with Gasteiger partial charge >= 0.3 is 12.1 Å². The van der Waals surface area contributed by atoms with Gasteiger partial charge in [-0.2, -0.15) is 13.2 Å². The molecule has 0 amide bonds. The first-order valence-corrected chi connectivity index (χ1v) is 7.40. The summed E-state index contributed by atoms with van der Waals surface area (Å²) < 4.78 is 31.7. The lowest BCUT2D eigenvalue weighted by atomic mass is 9.77. The first kappa shape index (κ1) is 17.4. The predicted octanol–water partition coefficient (Wildman–Crippen LogP) is 3.92. The molecule has 0 fully saturated rings. The van der Waals surface area contributed by atoms with Crippen LogP contribution in [0.15, 0.2) is 29.8 Å². The van der Waals surface area contributed by atoms with Crippen molar-refractivity contribution in [3.8, 4) is 0 Å². The number of carbonyl (C=O) groups is 1. The van der Waals surface area contributed by atoms with Crippen LogP contribution in [0.25, 0.3) is 0 Å². The Hall–Kier alpha value is -1.98. The first-order valence-electron chi connectivity index (χ1n) is 7.40. The lowest BCUT2D eigenvalue weighted by molar-refractivity contribution is -0.192. The molecular weight excluding hydrogens is 307 g/mol. The van der Waals surface area contributed by atoms with Gasteiger partial charge in [0.05, 0.1) is 0 Å². The van der Waals surface area contributed by atoms with Gasteiger partial charge in [-0.25, -0.2) is 4.79 Å². The van der Waals surface area contributed by atoms with Crippen LogP contribution in [0.3, 0.4) is 0 Å². The van der Waals surface area contributed by atoms with Crippen LogP contribution >= 0.6 is 0 Å². The van der Waals surface area contributed by atoms with E-state index in [1.807, 2.05) is 0 Å². The van der Waals surface area contributed by atoms with Gasteiger partial charge in [-0.3, -0.25) is 0 Å². The van der Waals surface area contributed by atoms with E-state index in [0.29, 0.717) is 0 Å². The van der Waals surface area contributed by atoms with Gasteiger partial charge in [0, 0.05) is 24.2 Å². The highest BCUT2D eigenvalue weighted by atomic mass is 19.4. The minimum absolute atomic E-state index is 0.185. The SMILES string of the molecule is CC1=CCN2CCc3cccc(c32)C1(C)C.O=C(O)C(F)(F)F. The van der Waals surface area contributed by atoms with E-state index < -0.39 is 12.1 Å². The lowest BCUT2D eigenvalue weighted by Gasteiger charge is -2.28. The largest absolute Gasteiger partial charge is 0.490 e. The normalized spacial score (nSPS) is 18.3. The lowest BCUT2D eigenvalue weighted by Crippen LogP contribution is -2.22. The highest BCUT2D eigenvalue weighted by Crippen LogP contribution is 2.43. The summed E-state index contributed by atoms with van der Waals surface area (Å²) in [6, 6.07) is 6.81. The molecule has 0 unspecified atom stereocenters. The van der Waals surface area contributed by atoms with Crippen molar-refractivity contribution in [1.82, 2.24) is 0 Å². The summed E-state index contributed by atoms with van der Waals surface area (Å²) in [5.41, 5.74) is 6.24. The van der Waals surface area contributed by atoms with Gasteiger partial charge in [0.15, 0.2) is 0 Å². The summed E-state index contributed by atoms with van der Waals surface area (Å²) in [5, 5.41) is 7.12. The molecule has 2 aliphatic rings. The standard InChI is InChI=1S/C15H19N.C2HF3O2/c1-11-7-9-16-10-8-12-5-4-6-13(14(12)16)15(11,2)3;3-2(4,5)1(6)7/h4-7H,8-10H2,1-3H3;(H,6,7). The molecular formula is C17H20F3NO2. The van der Waals surface area contributed by atoms with E-state index in [-0.39, 0.29) is 5.41 Å². The number of alkyl halides is 3. The van der Waals surface area contributed by atoms with Crippen LogP contribution in [0.4, 0.5) is 18.9 Å². The summed E-state index contributed by atoms with van der Waals surface area (Å²) in [4.78, 5) is 11.4. The minimum atomic E-state index is -5.08. The molecule has 0 spiro atoms. The van der Waals surface area contributed by atoms with Crippen molar-refractivity contribution in [3.63, 3.8) is 0 Å². The molecule has 1 aromatic carbocycles. The first-order chi connectivity index (χ1) is 10.5. The number of para-hydroxylation sites is 1. The maximum absolute atomic E-state index is 10.6. The Bertz CT molecular complexity index is 648. The molecule has 0 atom stereocenters. The van der Waals surface area contributed by atoms with Crippen LogP contribution in [0.1, 0.15) is 31.9 Å². The second-order valence-corrected chi connectivity index (χ2v) is 6.32. The van der Waals surface area contributed by atoms with Gasteiger partial charge in [-0.1, -0.05) is 43.7 Å². The van der Waals surface area contributed by atoms with E-state index in [1.54, 1.807) is 0 Å². The number of nitrogens with zero attached hydrogens (tertiary/aromatic N) is 1. The highest BCUT2D eigenvalue weighted by molar-refractivity contribution is 5.73. The fourth-order valence-electron chi connectivity index (χ4n) is 2.94. The second-order valence-electron chi connectivity index (χ2n) is 6.32. The molecule has 1 N–H and O–H groups in total. The van der Waals surface area contributed by atoms with E-state index >= 15 is 0 Å². The molecule has 6 heteroatoms. The Morgan fingerprint density at radius 1 is 1.30 bits per heavy atom. The third-order valence-electron chi connectivity index (χ3n) is 4.61. The van der Waals surface area contributed by atoms with Gasteiger partial charge in [-0.05, 0) is 24.5 Å². The number of carboxylic acid groups (broad SMARTS) is 1. The van der Waals surface area contributed by atoms with Crippen LogP contribution in [-0.2, 0) is 16.6 Å². The van der Waals surface area contributed by atoms with E-state index in [2.05, 4.69) is 49.9 Å². The fourth-order valence-corrected chi connectivity index (χ4v) is 2.94. The van der Waals surface area contributed by atoms with Crippen molar-refractivity contribution in [2.75, 3.05) is 18.0 Å². The van der Waals surface area contributed by atoms with Gasteiger partial charge in [-0.15, -0.1) is 0 Å². The summed E-state index contributed by atoms with van der Waals surface area (Å²) in [6.07, 6.45) is -1.47. The number of carboxylic acids is 1. The Balaban J connectivity index is 0.000000236.